The Morgan fingerprint density at radius 2 is 0.776 bits per heavy atom. The lowest BCUT2D eigenvalue weighted by Gasteiger charge is -2.10. The van der Waals surface area contributed by atoms with E-state index in [2.05, 4.69) is 89.9 Å². The summed E-state index contributed by atoms with van der Waals surface area (Å²) in [5.41, 5.74) is 9.82. The average molecular weight is 745 g/mol. The summed E-state index contributed by atoms with van der Waals surface area (Å²) >= 11 is 0. The Kier molecular flexibility index (Phi) is 10.1. The Morgan fingerprint density at radius 3 is 1.28 bits per heavy atom. The first kappa shape index (κ1) is 35.7. The molecule has 0 unspecified atom stereocenters. The molecule has 1 N–H and O–H groups in total. The van der Waals surface area contributed by atoms with E-state index in [-0.39, 0.29) is 5.84 Å². The molecular formula is C52H36N6. The number of rotatable bonds is 8. The molecule has 0 aliphatic heterocycles. The van der Waals surface area contributed by atoms with Crippen molar-refractivity contribution in [3.8, 4) is 56.4 Å². The molecule has 1 aromatic heterocycles. The number of aromatic nitrogens is 3. The van der Waals surface area contributed by atoms with Gasteiger partial charge in [-0.2, -0.15) is 0 Å². The summed E-state index contributed by atoms with van der Waals surface area (Å²) in [6.45, 7) is 0. The third-order valence-electron chi connectivity index (χ3n) is 9.89. The molecule has 0 radical (unpaired) electrons. The zero-order chi connectivity index (χ0) is 39.1. The van der Waals surface area contributed by atoms with E-state index in [0.29, 0.717) is 23.3 Å². The van der Waals surface area contributed by atoms with Gasteiger partial charge < -0.3 is 0 Å². The topological polar surface area (TPSA) is 87.2 Å². The molecule has 6 heteroatoms. The van der Waals surface area contributed by atoms with Crippen molar-refractivity contribution < 1.29 is 0 Å². The molecule has 274 valence electrons. The second-order valence-electron chi connectivity index (χ2n) is 13.8. The van der Waals surface area contributed by atoms with E-state index in [0.717, 1.165) is 61.0 Å². The maximum Gasteiger partial charge on any atom is 0.164 e. The van der Waals surface area contributed by atoms with E-state index in [1.165, 1.54) is 5.39 Å². The Bertz CT molecular complexity index is 2850. The number of hydrogen-bond acceptors (Lipinski definition) is 4. The lowest BCUT2D eigenvalue weighted by molar-refractivity contribution is 1.07. The third-order valence-corrected chi connectivity index (χ3v) is 9.89. The molecule has 0 bridgehead atoms. The van der Waals surface area contributed by atoms with E-state index in [9.17, 15) is 0 Å². The first-order valence-electron chi connectivity index (χ1n) is 19.1. The predicted octanol–water partition coefficient (Wildman–Crippen LogP) is 12.3. The van der Waals surface area contributed by atoms with Crippen molar-refractivity contribution in [3.05, 3.63) is 223 Å². The number of fused-ring (bicyclic) bond motifs is 1. The van der Waals surface area contributed by atoms with Crippen LogP contribution in [-0.4, -0.2) is 32.8 Å². The molecule has 9 rings (SSSR count). The van der Waals surface area contributed by atoms with Gasteiger partial charge in [0, 0.05) is 34.0 Å². The van der Waals surface area contributed by atoms with Crippen LogP contribution in [0.5, 0.6) is 0 Å². The standard InChI is InChI=1S/C52H36N6/c53-48(40-13-5-1-6-14-40)55-49(41-15-7-2-8-16-41)54-35-36-21-23-37(24-22-36)45-31-27-39-28-32-46(34-47(39)33-45)38-25-29-44(30-26-38)52-57-50(42-17-9-3-10-18-42)56-51(58-52)43-19-11-4-12-20-43/h1-35,53H. The van der Waals surface area contributed by atoms with Gasteiger partial charge in [-0.25, -0.2) is 24.9 Å². The van der Waals surface area contributed by atoms with Crippen LogP contribution in [-0.2, 0) is 0 Å². The molecule has 0 saturated carbocycles. The van der Waals surface area contributed by atoms with Crippen molar-refractivity contribution in [1.82, 2.24) is 15.0 Å². The second kappa shape index (κ2) is 16.4. The molecule has 0 aliphatic rings. The van der Waals surface area contributed by atoms with Gasteiger partial charge in [-0.1, -0.05) is 194 Å². The normalized spacial score (nSPS) is 11.6. The summed E-state index contributed by atoms with van der Waals surface area (Å²) in [7, 11) is 0. The van der Waals surface area contributed by atoms with E-state index in [4.69, 9.17) is 25.4 Å². The maximum atomic E-state index is 8.57. The fourth-order valence-electron chi connectivity index (χ4n) is 6.77. The molecule has 0 saturated heterocycles. The predicted molar refractivity (Wildman–Crippen MR) is 238 cm³/mol. The molecule has 0 aliphatic carbocycles. The molecular weight excluding hydrogens is 709 g/mol. The molecule has 9 aromatic rings. The van der Waals surface area contributed by atoms with Crippen molar-refractivity contribution in [1.29, 1.82) is 5.41 Å². The fraction of sp³-hybridized carbons (Fsp3) is 0. The van der Waals surface area contributed by atoms with Crippen LogP contribution in [0.4, 0.5) is 0 Å². The van der Waals surface area contributed by atoms with E-state index in [1.807, 2.05) is 121 Å². The zero-order valence-corrected chi connectivity index (χ0v) is 31.4. The highest BCUT2D eigenvalue weighted by Crippen LogP contribution is 2.31. The van der Waals surface area contributed by atoms with Crippen molar-refractivity contribution in [2.24, 2.45) is 9.98 Å². The summed E-state index contributed by atoms with van der Waals surface area (Å²) in [6, 6.07) is 69.3. The van der Waals surface area contributed by atoms with E-state index >= 15 is 0 Å². The van der Waals surface area contributed by atoms with Crippen LogP contribution in [0.15, 0.2) is 216 Å². The van der Waals surface area contributed by atoms with Gasteiger partial charge in [0.1, 0.15) is 0 Å². The number of nitrogens with zero attached hydrogens (tertiary/aromatic N) is 5. The summed E-state index contributed by atoms with van der Waals surface area (Å²) in [5.74, 6) is 2.57. The monoisotopic (exact) mass is 744 g/mol. The van der Waals surface area contributed by atoms with E-state index < -0.39 is 0 Å². The number of benzene rings is 8. The molecule has 0 spiro atoms. The van der Waals surface area contributed by atoms with Gasteiger partial charge in [-0.05, 0) is 50.7 Å². The summed E-state index contributed by atoms with van der Waals surface area (Å²) in [6.07, 6.45) is 1.80. The third kappa shape index (κ3) is 8.03. The highest BCUT2D eigenvalue weighted by Gasteiger charge is 2.13. The smallest absolute Gasteiger partial charge is 0.164 e. The lowest BCUT2D eigenvalue weighted by atomic mass is 9.97. The van der Waals surface area contributed by atoms with Crippen LogP contribution < -0.4 is 0 Å². The number of aliphatic imine (C=N–C) groups is 2. The molecule has 58 heavy (non-hydrogen) atoms. The van der Waals surface area contributed by atoms with Gasteiger partial charge in [0.05, 0.1) is 0 Å². The summed E-state index contributed by atoms with van der Waals surface area (Å²) in [4.78, 5) is 24.0. The van der Waals surface area contributed by atoms with Crippen LogP contribution in [0.3, 0.4) is 0 Å². The summed E-state index contributed by atoms with van der Waals surface area (Å²) < 4.78 is 0. The zero-order valence-electron chi connectivity index (χ0n) is 31.4. The molecule has 8 aromatic carbocycles. The Balaban J connectivity index is 0.959. The summed E-state index contributed by atoms with van der Waals surface area (Å²) in [5, 5.41) is 10.9. The second-order valence-corrected chi connectivity index (χ2v) is 13.8. The van der Waals surface area contributed by atoms with E-state index in [1.54, 1.807) is 6.21 Å². The van der Waals surface area contributed by atoms with Crippen LogP contribution in [0, 0.1) is 5.41 Å². The maximum absolute atomic E-state index is 8.57. The van der Waals surface area contributed by atoms with Crippen molar-refractivity contribution >= 4 is 28.7 Å². The quantitative estimate of drug-likeness (QED) is 0.124. The minimum absolute atomic E-state index is 0.165. The number of amidine groups is 2. The van der Waals surface area contributed by atoms with Crippen LogP contribution >= 0.6 is 0 Å². The van der Waals surface area contributed by atoms with Crippen LogP contribution in [0.1, 0.15) is 16.7 Å². The number of nitrogens with one attached hydrogen (secondary N) is 1. The number of hydrogen-bond donors (Lipinski definition) is 1. The lowest BCUT2D eigenvalue weighted by Crippen LogP contribution is -2.04. The first-order chi connectivity index (χ1) is 28.6. The van der Waals surface area contributed by atoms with Crippen LogP contribution in [0.2, 0.25) is 0 Å². The van der Waals surface area contributed by atoms with Gasteiger partial charge in [-0.3, -0.25) is 5.41 Å². The highest BCUT2D eigenvalue weighted by atomic mass is 15.0. The largest absolute Gasteiger partial charge is 0.282 e. The molecule has 0 amide bonds. The minimum Gasteiger partial charge on any atom is -0.282 e. The van der Waals surface area contributed by atoms with Crippen LogP contribution in [0.25, 0.3) is 67.2 Å². The molecule has 1 heterocycles. The van der Waals surface area contributed by atoms with Gasteiger partial charge in [-0.15, -0.1) is 0 Å². The fourth-order valence-corrected chi connectivity index (χ4v) is 6.77. The molecule has 0 fully saturated rings. The molecule has 6 nitrogen and oxygen atoms in total. The van der Waals surface area contributed by atoms with Gasteiger partial charge in [0.25, 0.3) is 0 Å². The van der Waals surface area contributed by atoms with Crippen molar-refractivity contribution in [2.75, 3.05) is 0 Å². The van der Waals surface area contributed by atoms with Gasteiger partial charge in [0.15, 0.2) is 29.1 Å². The van der Waals surface area contributed by atoms with Gasteiger partial charge in [0.2, 0.25) is 0 Å². The van der Waals surface area contributed by atoms with Crippen molar-refractivity contribution in [2.45, 2.75) is 0 Å². The molecule has 0 atom stereocenters. The highest BCUT2D eigenvalue weighted by molar-refractivity contribution is 6.13. The Morgan fingerprint density at radius 1 is 0.379 bits per heavy atom. The minimum atomic E-state index is 0.165. The van der Waals surface area contributed by atoms with Crippen molar-refractivity contribution in [3.63, 3.8) is 0 Å². The average Bonchev–Trinajstić information content (AvgIpc) is 3.31. The van der Waals surface area contributed by atoms with Gasteiger partial charge >= 0.3 is 0 Å². The Labute approximate surface area is 337 Å². The first-order valence-corrected chi connectivity index (χ1v) is 19.1. The Hall–Kier alpha value is -7.96. The SMILES string of the molecule is N=C(N=C(N=Cc1ccc(-c2ccc3ccc(-c4ccc(-c5nc(-c6ccccc6)nc(-c6ccccc6)n5)cc4)cc3c2)cc1)c1ccccc1)c1ccccc1.